The normalized spacial score (nSPS) is 11.9. The van der Waals surface area contributed by atoms with Gasteiger partial charge in [-0.2, -0.15) is 0 Å². The third-order valence-corrected chi connectivity index (χ3v) is 2.83. The van der Waals surface area contributed by atoms with Gasteiger partial charge < -0.3 is 5.32 Å². The molecule has 0 saturated heterocycles. The van der Waals surface area contributed by atoms with Gasteiger partial charge in [-0.25, -0.2) is 8.78 Å². The highest BCUT2D eigenvalue weighted by Gasteiger charge is 2.11. The standard InChI is InChI=1S/C14H12F2N2O2/c1-9(10-3-2-4-14(5-10)18(19)20)17-13-7-11(15)6-12(16)8-13/h2-9,17H,1H3. The van der Waals surface area contributed by atoms with Crippen molar-refractivity contribution in [2.45, 2.75) is 13.0 Å². The molecule has 0 amide bonds. The van der Waals surface area contributed by atoms with Crippen LogP contribution in [-0.2, 0) is 0 Å². The van der Waals surface area contributed by atoms with E-state index in [4.69, 9.17) is 0 Å². The summed E-state index contributed by atoms with van der Waals surface area (Å²) in [6, 6.07) is 8.87. The summed E-state index contributed by atoms with van der Waals surface area (Å²) in [4.78, 5) is 10.2. The van der Waals surface area contributed by atoms with Gasteiger partial charge in [0.2, 0.25) is 0 Å². The second kappa shape index (κ2) is 5.64. The van der Waals surface area contributed by atoms with E-state index in [0.717, 1.165) is 18.2 Å². The lowest BCUT2D eigenvalue weighted by Gasteiger charge is -2.15. The predicted octanol–water partition coefficient (Wildman–Crippen LogP) is 4.05. The molecule has 6 heteroatoms. The fourth-order valence-electron chi connectivity index (χ4n) is 1.88. The first kappa shape index (κ1) is 13.9. The highest BCUT2D eigenvalue weighted by atomic mass is 19.1. The highest BCUT2D eigenvalue weighted by molar-refractivity contribution is 5.47. The Morgan fingerprint density at radius 1 is 1.15 bits per heavy atom. The van der Waals surface area contributed by atoms with E-state index in [0.29, 0.717) is 5.56 Å². The summed E-state index contributed by atoms with van der Waals surface area (Å²) in [6.07, 6.45) is 0. The maximum Gasteiger partial charge on any atom is 0.269 e. The minimum absolute atomic E-state index is 0.0263. The van der Waals surface area contributed by atoms with Crippen LogP contribution in [0, 0.1) is 21.7 Å². The third kappa shape index (κ3) is 3.28. The van der Waals surface area contributed by atoms with Gasteiger partial charge in [0.05, 0.1) is 4.92 Å². The molecule has 1 atom stereocenters. The monoisotopic (exact) mass is 278 g/mol. The van der Waals surface area contributed by atoms with Crippen molar-refractivity contribution in [3.63, 3.8) is 0 Å². The first-order valence-electron chi connectivity index (χ1n) is 5.92. The van der Waals surface area contributed by atoms with Crippen LogP contribution in [0.4, 0.5) is 20.2 Å². The van der Waals surface area contributed by atoms with E-state index in [2.05, 4.69) is 5.32 Å². The van der Waals surface area contributed by atoms with Crippen LogP contribution in [0.25, 0.3) is 0 Å². The minimum Gasteiger partial charge on any atom is -0.378 e. The van der Waals surface area contributed by atoms with Gasteiger partial charge in [-0.1, -0.05) is 12.1 Å². The van der Waals surface area contributed by atoms with E-state index >= 15 is 0 Å². The molecule has 1 unspecified atom stereocenters. The zero-order valence-corrected chi connectivity index (χ0v) is 10.6. The van der Waals surface area contributed by atoms with Crippen molar-refractivity contribution >= 4 is 11.4 Å². The Kier molecular flexibility index (Phi) is 3.93. The zero-order valence-electron chi connectivity index (χ0n) is 10.6. The van der Waals surface area contributed by atoms with Crippen molar-refractivity contribution in [2.24, 2.45) is 0 Å². The van der Waals surface area contributed by atoms with Crippen molar-refractivity contribution in [3.05, 3.63) is 69.8 Å². The van der Waals surface area contributed by atoms with E-state index < -0.39 is 16.6 Å². The summed E-state index contributed by atoms with van der Waals surface area (Å²) in [5.74, 6) is -1.36. The van der Waals surface area contributed by atoms with Gasteiger partial charge in [0.1, 0.15) is 11.6 Å². The Morgan fingerprint density at radius 3 is 2.40 bits per heavy atom. The van der Waals surface area contributed by atoms with Crippen LogP contribution in [0.2, 0.25) is 0 Å². The number of halogens is 2. The molecular weight excluding hydrogens is 266 g/mol. The molecule has 4 nitrogen and oxygen atoms in total. The summed E-state index contributed by atoms with van der Waals surface area (Å²) >= 11 is 0. The average molecular weight is 278 g/mol. The summed E-state index contributed by atoms with van der Waals surface area (Å²) in [6.45, 7) is 1.75. The molecule has 2 rings (SSSR count). The number of nitrogens with one attached hydrogen (secondary N) is 1. The highest BCUT2D eigenvalue weighted by Crippen LogP contribution is 2.23. The number of hydrogen-bond donors (Lipinski definition) is 1. The quantitative estimate of drug-likeness (QED) is 0.678. The molecule has 0 radical (unpaired) electrons. The van der Waals surface area contributed by atoms with Crippen molar-refractivity contribution in [1.82, 2.24) is 0 Å². The Hall–Kier alpha value is -2.50. The van der Waals surface area contributed by atoms with Gasteiger partial charge in [0.15, 0.2) is 0 Å². The van der Waals surface area contributed by atoms with E-state index in [1.165, 1.54) is 12.1 Å². The molecule has 0 saturated carbocycles. The summed E-state index contributed by atoms with van der Waals surface area (Å²) < 4.78 is 26.2. The Balaban J connectivity index is 2.21. The van der Waals surface area contributed by atoms with Crippen LogP contribution in [0.1, 0.15) is 18.5 Å². The first-order valence-corrected chi connectivity index (χ1v) is 5.92. The zero-order chi connectivity index (χ0) is 14.7. The van der Waals surface area contributed by atoms with Gasteiger partial charge in [-0.15, -0.1) is 0 Å². The van der Waals surface area contributed by atoms with Gasteiger partial charge in [0, 0.05) is 29.9 Å². The van der Waals surface area contributed by atoms with Crippen LogP contribution < -0.4 is 5.32 Å². The maximum absolute atomic E-state index is 13.1. The van der Waals surface area contributed by atoms with Crippen LogP contribution in [0.3, 0.4) is 0 Å². The largest absolute Gasteiger partial charge is 0.378 e. The van der Waals surface area contributed by atoms with Crippen molar-refractivity contribution in [2.75, 3.05) is 5.32 Å². The molecule has 0 fully saturated rings. The van der Waals surface area contributed by atoms with E-state index in [1.54, 1.807) is 19.1 Å². The lowest BCUT2D eigenvalue weighted by Crippen LogP contribution is -2.07. The molecule has 104 valence electrons. The molecule has 20 heavy (non-hydrogen) atoms. The second-order valence-electron chi connectivity index (χ2n) is 4.38. The SMILES string of the molecule is CC(Nc1cc(F)cc(F)c1)c1cccc([N+](=O)[O-])c1. The molecule has 0 aliphatic carbocycles. The third-order valence-electron chi connectivity index (χ3n) is 2.83. The van der Waals surface area contributed by atoms with Gasteiger partial charge >= 0.3 is 0 Å². The number of rotatable bonds is 4. The van der Waals surface area contributed by atoms with Gasteiger partial charge in [0.25, 0.3) is 5.69 Å². The first-order chi connectivity index (χ1) is 9.45. The number of nitrogens with zero attached hydrogens (tertiary/aromatic N) is 1. The summed E-state index contributed by atoms with van der Waals surface area (Å²) in [5.41, 5.74) is 0.909. The smallest absolute Gasteiger partial charge is 0.269 e. The molecule has 2 aromatic carbocycles. The molecule has 0 aliphatic rings. The topological polar surface area (TPSA) is 55.2 Å². The number of hydrogen-bond acceptors (Lipinski definition) is 3. The van der Waals surface area contributed by atoms with E-state index in [-0.39, 0.29) is 17.4 Å². The number of nitro groups is 1. The molecule has 0 aromatic heterocycles. The predicted molar refractivity (Wildman–Crippen MR) is 71.5 cm³/mol. The second-order valence-corrected chi connectivity index (χ2v) is 4.38. The minimum atomic E-state index is -0.682. The van der Waals surface area contributed by atoms with Crippen molar-refractivity contribution in [1.29, 1.82) is 0 Å². The molecular formula is C14H12F2N2O2. The number of nitro benzene ring substituents is 1. The van der Waals surface area contributed by atoms with Crippen LogP contribution >= 0.6 is 0 Å². The molecule has 0 heterocycles. The number of non-ortho nitro benzene ring substituents is 1. The van der Waals surface area contributed by atoms with Crippen LogP contribution in [0.5, 0.6) is 0 Å². The fourth-order valence-corrected chi connectivity index (χ4v) is 1.88. The average Bonchev–Trinajstić information content (AvgIpc) is 2.37. The van der Waals surface area contributed by atoms with E-state index in [1.807, 2.05) is 0 Å². The Morgan fingerprint density at radius 2 is 1.80 bits per heavy atom. The molecule has 2 aromatic rings. The summed E-state index contributed by atoms with van der Waals surface area (Å²) in [5, 5.41) is 13.6. The molecule has 1 N–H and O–H groups in total. The molecule has 0 bridgehead atoms. The Bertz CT molecular complexity index is 627. The van der Waals surface area contributed by atoms with Crippen LogP contribution in [0.15, 0.2) is 42.5 Å². The molecule has 0 spiro atoms. The van der Waals surface area contributed by atoms with E-state index in [9.17, 15) is 18.9 Å². The summed E-state index contributed by atoms with van der Waals surface area (Å²) in [7, 11) is 0. The fraction of sp³-hybridized carbons (Fsp3) is 0.143. The number of benzene rings is 2. The van der Waals surface area contributed by atoms with Crippen molar-refractivity contribution < 1.29 is 13.7 Å². The lowest BCUT2D eigenvalue weighted by molar-refractivity contribution is -0.384. The van der Waals surface area contributed by atoms with Crippen LogP contribution in [-0.4, -0.2) is 4.92 Å². The van der Waals surface area contributed by atoms with Gasteiger partial charge in [-0.3, -0.25) is 10.1 Å². The Labute approximate surface area is 114 Å². The number of anilines is 1. The molecule has 0 aliphatic heterocycles. The van der Waals surface area contributed by atoms with Gasteiger partial charge in [-0.05, 0) is 24.6 Å². The van der Waals surface area contributed by atoms with Crippen molar-refractivity contribution in [3.8, 4) is 0 Å². The lowest BCUT2D eigenvalue weighted by atomic mass is 10.1. The maximum atomic E-state index is 13.1.